The lowest BCUT2D eigenvalue weighted by atomic mass is 9.91. The van der Waals surface area contributed by atoms with E-state index in [9.17, 15) is 0 Å². The molecule has 0 saturated heterocycles. The predicted octanol–water partition coefficient (Wildman–Crippen LogP) is 5.97. The van der Waals surface area contributed by atoms with Gasteiger partial charge in [0, 0.05) is 40.8 Å². The molecule has 5 aromatic rings. The quantitative estimate of drug-likeness (QED) is 0.375. The number of hydrogen-bond donors (Lipinski definition) is 0. The number of pyridine rings is 3. The molecule has 0 aliphatic heterocycles. The summed E-state index contributed by atoms with van der Waals surface area (Å²) in [5.41, 5.74) is 8.24. The minimum atomic E-state index is 0.920. The van der Waals surface area contributed by atoms with E-state index in [1.807, 2.05) is 61.1 Å². The monoisotopic (exact) mass is 400 g/mol. The molecule has 4 heteroatoms. The van der Waals surface area contributed by atoms with Gasteiger partial charge >= 0.3 is 0 Å². The summed E-state index contributed by atoms with van der Waals surface area (Å²) in [5, 5.41) is 1.17. The van der Waals surface area contributed by atoms with E-state index in [1.165, 1.54) is 27.8 Å². The molecule has 6 rings (SSSR count). The SMILES string of the molecule is C1=C(c2ccc(-c3ccccn3)cc2)CCc2c1c1cccnc1n2-c1ccccn1. The molecule has 0 atom stereocenters. The van der Waals surface area contributed by atoms with Crippen LogP contribution >= 0.6 is 0 Å². The van der Waals surface area contributed by atoms with Crippen molar-refractivity contribution in [3.8, 4) is 17.1 Å². The van der Waals surface area contributed by atoms with Gasteiger partial charge in [0.15, 0.2) is 0 Å². The van der Waals surface area contributed by atoms with Crippen LogP contribution in [0, 0.1) is 0 Å². The second-order valence-corrected chi connectivity index (χ2v) is 7.72. The molecule has 1 aliphatic carbocycles. The molecule has 0 amide bonds. The summed E-state index contributed by atoms with van der Waals surface area (Å²) in [6.07, 6.45) is 9.80. The maximum atomic E-state index is 4.69. The first-order valence-electron chi connectivity index (χ1n) is 10.5. The van der Waals surface area contributed by atoms with Crippen molar-refractivity contribution in [3.63, 3.8) is 0 Å². The molecule has 0 N–H and O–H groups in total. The van der Waals surface area contributed by atoms with Gasteiger partial charge in [-0.25, -0.2) is 9.97 Å². The van der Waals surface area contributed by atoms with Gasteiger partial charge in [-0.2, -0.15) is 0 Å². The Labute approximate surface area is 180 Å². The molecule has 4 nitrogen and oxygen atoms in total. The third kappa shape index (κ3) is 3.04. The Kier molecular flexibility index (Phi) is 4.20. The van der Waals surface area contributed by atoms with Gasteiger partial charge in [-0.1, -0.05) is 36.4 Å². The third-order valence-electron chi connectivity index (χ3n) is 5.91. The van der Waals surface area contributed by atoms with Crippen LogP contribution in [0.4, 0.5) is 0 Å². The smallest absolute Gasteiger partial charge is 0.146 e. The predicted molar refractivity (Wildman–Crippen MR) is 125 cm³/mol. The third-order valence-corrected chi connectivity index (χ3v) is 5.91. The summed E-state index contributed by atoms with van der Waals surface area (Å²) in [5.74, 6) is 0.920. The zero-order chi connectivity index (χ0) is 20.6. The lowest BCUT2D eigenvalue weighted by Gasteiger charge is -2.17. The van der Waals surface area contributed by atoms with Gasteiger partial charge in [0.2, 0.25) is 0 Å². The number of hydrogen-bond acceptors (Lipinski definition) is 3. The molecule has 31 heavy (non-hydrogen) atoms. The van der Waals surface area contributed by atoms with Gasteiger partial charge in [0.1, 0.15) is 11.5 Å². The highest BCUT2D eigenvalue weighted by Crippen LogP contribution is 2.37. The van der Waals surface area contributed by atoms with Crippen LogP contribution in [-0.4, -0.2) is 19.5 Å². The van der Waals surface area contributed by atoms with Crippen LogP contribution in [-0.2, 0) is 6.42 Å². The molecule has 0 radical (unpaired) electrons. The topological polar surface area (TPSA) is 43.6 Å². The van der Waals surface area contributed by atoms with Crippen LogP contribution in [0.2, 0.25) is 0 Å². The fourth-order valence-corrected chi connectivity index (χ4v) is 4.45. The highest BCUT2D eigenvalue weighted by atomic mass is 15.1. The summed E-state index contributed by atoms with van der Waals surface area (Å²) in [4.78, 5) is 13.7. The number of aromatic nitrogens is 4. The summed E-state index contributed by atoms with van der Waals surface area (Å²) in [7, 11) is 0. The Bertz CT molecular complexity index is 1400. The van der Waals surface area contributed by atoms with Gasteiger partial charge in [-0.05, 0) is 66.5 Å². The standard InChI is InChI=1S/C27H20N4/c1-3-15-28-24(7-1)20-11-9-19(10-12-20)21-13-14-25-23(18-21)22-6-5-17-30-27(22)31(25)26-8-2-4-16-29-26/h1-12,15-18H,13-14H2. The van der Waals surface area contributed by atoms with Crippen molar-refractivity contribution < 1.29 is 0 Å². The number of benzene rings is 1. The van der Waals surface area contributed by atoms with Gasteiger partial charge in [0.05, 0.1) is 5.69 Å². The lowest BCUT2D eigenvalue weighted by Crippen LogP contribution is -2.06. The summed E-state index contributed by atoms with van der Waals surface area (Å²) < 4.78 is 2.21. The Morgan fingerprint density at radius 3 is 2.19 bits per heavy atom. The largest absolute Gasteiger partial charge is 0.282 e. The molecule has 0 fully saturated rings. The number of rotatable bonds is 3. The van der Waals surface area contributed by atoms with Crippen LogP contribution < -0.4 is 0 Å². The van der Waals surface area contributed by atoms with E-state index in [1.54, 1.807) is 0 Å². The van der Waals surface area contributed by atoms with Crippen LogP contribution in [0.3, 0.4) is 0 Å². The maximum absolute atomic E-state index is 4.69. The van der Waals surface area contributed by atoms with Crippen molar-refractivity contribution in [1.29, 1.82) is 0 Å². The van der Waals surface area contributed by atoms with E-state index in [2.05, 4.69) is 50.9 Å². The van der Waals surface area contributed by atoms with E-state index >= 15 is 0 Å². The maximum Gasteiger partial charge on any atom is 0.146 e. The fourth-order valence-electron chi connectivity index (χ4n) is 4.45. The average Bonchev–Trinajstić information content (AvgIpc) is 3.19. The van der Waals surface area contributed by atoms with E-state index in [0.29, 0.717) is 0 Å². The molecule has 4 aromatic heterocycles. The van der Waals surface area contributed by atoms with Gasteiger partial charge < -0.3 is 0 Å². The molecule has 1 aromatic carbocycles. The molecule has 4 heterocycles. The molecule has 148 valence electrons. The number of nitrogens with zero attached hydrogens (tertiary/aromatic N) is 4. The first-order valence-corrected chi connectivity index (χ1v) is 10.5. The van der Waals surface area contributed by atoms with Crippen LogP contribution in [0.5, 0.6) is 0 Å². The van der Waals surface area contributed by atoms with Crippen molar-refractivity contribution in [2.45, 2.75) is 12.8 Å². The van der Waals surface area contributed by atoms with Gasteiger partial charge in [0.25, 0.3) is 0 Å². The molecule has 0 spiro atoms. The molecule has 0 saturated carbocycles. The molecule has 0 bridgehead atoms. The molecule has 1 aliphatic rings. The Morgan fingerprint density at radius 2 is 1.42 bits per heavy atom. The minimum absolute atomic E-state index is 0.920. The van der Waals surface area contributed by atoms with Crippen LogP contribution in [0.15, 0.2) is 91.4 Å². The van der Waals surface area contributed by atoms with Crippen LogP contribution in [0.25, 0.3) is 39.8 Å². The number of allylic oxidation sites excluding steroid dienone is 1. The summed E-state index contributed by atoms with van der Waals surface area (Å²) >= 11 is 0. The Hall–Kier alpha value is -4.05. The number of fused-ring (bicyclic) bond motifs is 3. The van der Waals surface area contributed by atoms with E-state index in [4.69, 9.17) is 4.98 Å². The second kappa shape index (κ2) is 7.33. The van der Waals surface area contributed by atoms with Gasteiger partial charge in [-0.3, -0.25) is 9.55 Å². The fraction of sp³-hybridized carbons (Fsp3) is 0.0741. The molecule has 0 unspecified atom stereocenters. The van der Waals surface area contributed by atoms with Crippen molar-refractivity contribution >= 4 is 22.7 Å². The van der Waals surface area contributed by atoms with Gasteiger partial charge in [-0.15, -0.1) is 0 Å². The highest BCUT2D eigenvalue weighted by Gasteiger charge is 2.22. The first kappa shape index (κ1) is 17.8. The van der Waals surface area contributed by atoms with Crippen molar-refractivity contribution in [2.24, 2.45) is 0 Å². The van der Waals surface area contributed by atoms with Crippen molar-refractivity contribution in [2.75, 3.05) is 0 Å². The van der Waals surface area contributed by atoms with Crippen molar-refractivity contribution in [3.05, 3.63) is 108 Å². The van der Waals surface area contributed by atoms with Crippen LogP contribution in [0.1, 0.15) is 23.2 Å². The minimum Gasteiger partial charge on any atom is -0.282 e. The summed E-state index contributed by atoms with van der Waals surface area (Å²) in [6, 6.07) is 24.9. The second-order valence-electron chi connectivity index (χ2n) is 7.72. The Balaban J connectivity index is 1.45. The lowest BCUT2D eigenvalue weighted by molar-refractivity contribution is 0.872. The Morgan fingerprint density at radius 1 is 0.645 bits per heavy atom. The highest BCUT2D eigenvalue weighted by molar-refractivity contribution is 5.97. The molecular formula is C27H20N4. The zero-order valence-electron chi connectivity index (χ0n) is 16.9. The van der Waals surface area contributed by atoms with Crippen molar-refractivity contribution in [1.82, 2.24) is 19.5 Å². The molecular weight excluding hydrogens is 380 g/mol. The first-order chi connectivity index (χ1) is 15.4. The summed E-state index contributed by atoms with van der Waals surface area (Å²) in [6.45, 7) is 0. The van der Waals surface area contributed by atoms with E-state index < -0.39 is 0 Å². The van der Waals surface area contributed by atoms with E-state index in [0.717, 1.165) is 35.6 Å². The zero-order valence-corrected chi connectivity index (χ0v) is 16.9. The average molecular weight is 400 g/mol. The van der Waals surface area contributed by atoms with E-state index in [-0.39, 0.29) is 0 Å². The normalized spacial score (nSPS) is 13.1.